The number of carbonyl (C=O) groups excluding carboxylic acids is 2. The topological polar surface area (TPSA) is 71.1 Å². The molecule has 0 saturated carbocycles. The third kappa shape index (κ3) is 5.35. The first-order valence-electron chi connectivity index (χ1n) is 7.69. The molecule has 2 aromatic rings. The van der Waals surface area contributed by atoms with Crippen LogP contribution in [0.15, 0.2) is 54.9 Å². The number of hydrogen-bond acceptors (Lipinski definition) is 3. The fourth-order valence-electron chi connectivity index (χ4n) is 2.39. The van der Waals surface area contributed by atoms with Gasteiger partial charge in [0.2, 0.25) is 11.8 Å². The van der Waals surface area contributed by atoms with Crippen LogP contribution in [0.4, 0.5) is 0 Å². The van der Waals surface area contributed by atoms with E-state index in [1.54, 1.807) is 12.4 Å². The monoisotopic (exact) mass is 345 g/mol. The van der Waals surface area contributed by atoms with Crippen LogP contribution >= 0.6 is 11.6 Å². The van der Waals surface area contributed by atoms with Crippen LogP contribution in [0.25, 0.3) is 0 Å². The van der Waals surface area contributed by atoms with Gasteiger partial charge in [-0.3, -0.25) is 14.6 Å². The Bertz CT molecular complexity index is 664. The van der Waals surface area contributed by atoms with Crippen molar-refractivity contribution in [2.24, 2.45) is 0 Å². The van der Waals surface area contributed by atoms with Gasteiger partial charge in [-0.1, -0.05) is 30.3 Å². The summed E-state index contributed by atoms with van der Waals surface area (Å²) in [5.74, 6) is -0.596. The summed E-state index contributed by atoms with van der Waals surface area (Å²) in [7, 11) is 0. The number of nitrogens with zero attached hydrogens (tertiary/aromatic N) is 1. The van der Waals surface area contributed by atoms with Gasteiger partial charge in [-0.2, -0.15) is 0 Å². The molecule has 1 aromatic carbocycles. The van der Waals surface area contributed by atoms with E-state index >= 15 is 0 Å². The normalized spacial score (nSPS) is 12.9. The Hall–Kier alpha value is -2.40. The largest absolute Gasteiger partial charge is 0.350 e. The average molecular weight is 346 g/mol. The summed E-state index contributed by atoms with van der Waals surface area (Å²) in [6, 6.07) is 12.5. The van der Waals surface area contributed by atoms with Crippen molar-refractivity contribution in [3.63, 3.8) is 0 Å². The molecule has 1 aromatic heterocycles. The lowest BCUT2D eigenvalue weighted by Crippen LogP contribution is -2.35. The molecule has 2 N–H and O–H groups in total. The molecule has 0 saturated heterocycles. The maximum absolute atomic E-state index is 12.4. The number of alkyl halides is 1. The molecule has 0 bridgehead atoms. The number of hydrogen-bond donors (Lipinski definition) is 2. The zero-order valence-corrected chi connectivity index (χ0v) is 14.2. The van der Waals surface area contributed by atoms with Gasteiger partial charge in [-0.05, 0) is 30.2 Å². The van der Waals surface area contributed by atoms with Crippen LogP contribution in [0.1, 0.15) is 36.6 Å². The second kappa shape index (κ2) is 9.03. The van der Waals surface area contributed by atoms with Crippen molar-refractivity contribution in [2.75, 3.05) is 5.88 Å². The Balaban J connectivity index is 2.03. The quantitative estimate of drug-likeness (QED) is 0.758. The summed E-state index contributed by atoms with van der Waals surface area (Å²) in [6.07, 6.45) is 3.51. The van der Waals surface area contributed by atoms with Crippen LogP contribution in [0.3, 0.4) is 0 Å². The molecule has 2 rings (SSSR count). The number of aromatic nitrogens is 1. The number of halogens is 1. The fourth-order valence-corrected chi connectivity index (χ4v) is 2.47. The SMILES string of the molecule is CC(NC(=O)CC(NC(=O)CCl)c1ccccc1)c1ccncc1. The first kappa shape index (κ1) is 17.9. The fraction of sp³-hybridized carbons (Fsp3) is 0.278. The van der Waals surface area contributed by atoms with Crippen molar-refractivity contribution in [1.29, 1.82) is 0 Å². The van der Waals surface area contributed by atoms with E-state index in [4.69, 9.17) is 11.6 Å². The summed E-state index contributed by atoms with van der Waals surface area (Å²) < 4.78 is 0. The second-order valence-electron chi connectivity index (χ2n) is 5.44. The van der Waals surface area contributed by atoms with Gasteiger partial charge in [0, 0.05) is 12.4 Å². The zero-order valence-electron chi connectivity index (χ0n) is 13.4. The summed E-state index contributed by atoms with van der Waals surface area (Å²) in [5.41, 5.74) is 1.84. The van der Waals surface area contributed by atoms with Crippen molar-refractivity contribution >= 4 is 23.4 Å². The highest BCUT2D eigenvalue weighted by Crippen LogP contribution is 2.18. The number of pyridine rings is 1. The molecule has 2 atom stereocenters. The van der Waals surface area contributed by atoms with Gasteiger partial charge in [0.1, 0.15) is 5.88 Å². The number of carbonyl (C=O) groups is 2. The summed E-state index contributed by atoms with van der Waals surface area (Å²) >= 11 is 5.57. The third-order valence-electron chi connectivity index (χ3n) is 3.63. The smallest absolute Gasteiger partial charge is 0.235 e. The molecule has 0 fully saturated rings. The molecule has 2 unspecified atom stereocenters. The average Bonchev–Trinajstić information content (AvgIpc) is 2.62. The lowest BCUT2D eigenvalue weighted by molar-refractivity contribution is -0.123. The Kier molecular flexibility index (Phi) is 6.75. The lowest BCUT2D eigenvalue weighted by atomic mass is 10.0. The molecular weight excluding hydrogens is 326 g/mol. The van der Waals surface area contributed by atoms with Gasteiger partial charge in [-0.25, -0.2) is 0 Å². The Morgan fingerprint density at radius 3 is 2.29 bits per heavy atom. The maximum Gasteiger partial charge on any atom is 0.235 e. The van der Waals surface area contributed by atoms with Crippen LogP contribution in [-0.4, -0.2) is 22.7 Å². The molecule has 24 heavy (non-hydrogen) atoms. The molecule has 2 amide bonds. The Morgan fingerprint density at radius 2 is 1.67 bits per heavy atom. The molecule has 126 valence electrons. The van der Waals surface area contributed by atoms with E-state index in [2.05, 4.69) is 15.6 Å². The van der Waals surface area contributed by atoms with Gasteiger partial charge < -0.3 is 10.6 Å². The molecule has 0 spiro atoms. The van der Waals surface area contributed by atoms with Crippen molar-refractivity contribution in [2.45, 2.75) is 25.4 Å². The minimum absolute atomic E-state index is 0.138. The van der Waals surface area contributed by atoms with Crippen molar-refractivity contribution < 1.29 is 9.59 Å². The van der Waals surface area contributed by atoms with E-state index in [0.717, 1.165) is 11.1 Å². The van der Waals surface area contributed by atoms with Crippen LogP contribution in [0.2, 0.25) is 0 Å². The van der Waals surface area contributed by atoms with E-state index < -0.39 is 6.04 Å². The first-order chi connectivity index (χ1) is 11.6. The third-order valence-corrected chi connectivity index (χ3v) is 3.87. The molecule has 0 aliphatic heterocycles. The van der Waals surface area contributed by atoms with Gasteiger partial charge in [0.15, 0.2) is 0 Å². The van der Waals surface area contributed by atoms with Crippen LogP contribution in [0, 0.1) is 0 Å². The van der Waals surface area contributed by atoms with Crippen molar-refractivity contribution in [1.82, 2.24) is 15.6 Å². The molecule has 0 radical (unpaired) electrons. The van der Waals surface area contributed by atoms with Crippen LogP contribution < -0.4 is 10.6 Å². The molecule has 5 nitrogen and oxygen atoms in total. The van der Waals surface area contributed by atoms with E-state index in [9.17, 15) is 9.59 Å². The minimum Gasteiger partial charge on any atom is -0.350 e. The zero-order chi connectivity index (χ0) is 17.4. The lowest BCUT2D eigenvalue weighted by Gasteiger charge is -2.20. The Morgan fingerprint density at radius 1 is 1.00 bits per heavy atom. The highest BCUT2D eigenvalue weighted by atomic mass is 35.5. The summed E-state index contributed by atoms with van der Waals surface area (Å²) in [4.78, 5) is 28.0. The van der Waals surface area contributed by atoms with E-state index in [-0.39, 0.29) is 30.2 Å². The Labute approximate surface area is 146 Å². The maximum atomic E-state index is 12.4. The summed E-state index contributed by atoms with van der Waals surface area (Å²) in [6.45, 7) is 1.90. The van der Waals surface area contributed by atoms with E-state index in [1.807, 2.05) is 49.4 Å². The molecule has 0 aliphatic carbocycles. The minimum atomic E-state index is -0.415. The molecule has 0 aliphatic rings. The molecule has 1 heterocycles. The van der Waals surface area contributed by atoms with Crippen molar-refractivity contribution in [3.8, 4) is 0 Å². The number of benzene rings is 1. The highest BCUT2D eigenvalue weighted by Gasteiger charge is 2.19. The van der Waals surface area contributed by atoms with Gasteiger partial charge >= 0.3 is 0 Å². The van der Waals surface area contributed by atoms with Crippen LogP contribution in [0.5, 0.6) is 0 Å². The number of nitrogens with one attached hydrogen (secondary N) is 2. The van der Waals surface area contributed by atoms with Crippen molar-refractivity contribution in [3.05, 3.63) is 66.0 Å². The second-order valence-corrected chi connectivity index (χ2v) is 5.71. The predicted molar refractivity (Wildman–Crippen MR) is 93.5 cm³/mol. The van der Waals surface area contributed by atoms with Gasteiger partial charge in [-0.15, -0.1) is 11.6 Å². The van der Waals surface area contributed by atoms with Gasteiger partial charge in [0.05, 0.1) is 18.5 Å². The molecular formula is C18H20ClN3O2. The highest BCUT2D eigenvalue weighted by molar-refractivity contribution is 6.27. The standard InChI is InChI=1S/C18H20ClN3O2/c1-13(14-7-9-20-10-8-14)21-17(23)11-16(22-18(24)12-19)15-5-3-2-4-6-15/h2-10,13,16H,11-12H2,1H3,(H,21,23)(H,22,24). The molecule has 6 heteroatoms. The number of amides is 2. The summed E-state index contributed by atoms with van der Waals surface area (Å²) in [5, 5.41) is 5.72. The van der Waals surface area contributed by atoms with E-state index in [0.29, 0.717) is 0 Å². The van der Waals surface area contributed by atoms with E-state index in [1.165, 1.54) is 0 Å². The van der Waals surface area contributed by atoms with Gasteiger partial charge in [0.25, 0.3) is 0 Å². The predicted octanol–water partition coefficient (Wildman–Crippen LogP) is 2.75. The number of rotatable bonds is 7. The first-order valence-corrected chi connectivity index (χ1v) is 8.23. The van der Waals surface area contributed by atoms with Crippen LogP contribution in [-0.2, 0) is 9.59 Å².